The molecular weight excluding hydrogens is 278 g/mol. The Morgan fingerprint density at radius 1 is 1.33 bits per heavy atom. The number of aromatic nitrogens is 1. The zero-order valence-corrected chi connectivity index (χ0v) is 14.7. The standard InChI is InChI=1S/C17H31N3S/c1-4-7-15-16(12-18)21-17(19-15)20(11-10-13(2)3)14-8-5-6-9-14/h13-14H,4-12,18H2,1-3H3. The predicted molar refractivity (Wildman–Crippen MR) is 93.1 cm³/mol. The van der Waals surface area contributed by atoms with Gasteiger partial charge in [-0.2, -0.15) is 0 Å². The summed E-state index contributed by atoms with van der Waals surface area (Å²) in [4.78, 5) is 8.84. The maximum Gasteiger partial charge on any atom is 0.186 e. The van der Waals surface area contributed by atoms with Crippen LogP contribution in [0.3, 0.4) is 0 Å². The third-order valence-electron chi connectivity index (χ3n) is 4.40. The Balaban J connectivity index is 2.18. The molecule has 1 aliphatic carbocycles. The van der Waals surface area contributed by atoms with E-state index in [9.17, 15) is 0 Å². The summed E-state index contributed by atoms with van der Waals surface area (Å²) in [7, 11) is 0. The van der Waals surface area contributed by atoms with Crippen LogP contribution >= 0.6 is 11.3 Å². The molecule has 0 amide bonds. The van der Waals surface area contributed by atoms with Gasteiger partial charge in [0.1, 0.15) is 0 Å². The molecule has 3 nitrogen and oxygen atoms in total. The summed E-state index contributed by atoms with van der Waals surface area (Å²) in [5.41, 5.74) is 7.17. The van der Waals surface area contributed by atoms with E-state index in [1.165, 1.54) is 47.8 Å². The normalized spacial score (nSPS) is 16.0. The van der Waals surface area contributed by atoms with Crippen LogP contribution in [0.25, 0.3) is 0 Å². The van der Waals surface area contributed by atoms with Crippen LogP contribution in [0, 0.1) is 5.92 Å². The van der Waals surface area contributed by atoms with Crippen molar-refractivity contribution in [3.63, 3.8) is 0 Å². The summed E-state index contributed by atoms with van der Waals surface area (Å²) in [6.45, 7) is 8.61. The van der Waals surface area contributed by atoms with E-state index in [4.69, 9.17) is 10.7 Å². The van der Waals surface area contributed by atoms with Crippen molar-refractivity contribution in [1.29, 1.82) is 0 Å². The first-order chi connectivity index (χ1) is 10.2. The van der Waals surface area contributed by atoms with E-state index < -0.39 is 0 Å². The van der Waals surface area contributed by atoms with Crippen molar-refractivity contribution in [2.75, 3.05) is 11.4 Å². The molecule has 1 fully saturated rings. The van der Waals surface area contributed by atoms with Crippen molar-refractivity contribution in [3.05, 3.63) is 10.6 Å². The molecule has 21 heavy (non-hydrogen) atoms. The van der Waals surface area contributed by atoms with Crippen LogP contribution in [0.1, 0.15) is 69.9 Å². The molecule has 1 aromatic heterocycles. The average Bonchev–Trinajstić information content (AvgIpc) is 3.09. The van der Waals surface area contributed by atoms with Crippen LogP contribution < -0.4 is 10.6 Å². The second-order valence-electron chi connectivity index (χ2n) is 6.63. The molecule has 2 rings (SSSR count). The molecular formula is C17H31N3S. The van der Waals surface area contributed by atoms with Gasteiger partial charge in [0.2, 0.25) is 0 Å². The van der Waals surface area contributed by atoms with E-state index in [2.05, 4.69) is 25.7 Å². The van der Waals surface area contributed by atoms with Crippen LogP contribution in [-0.2, 0) is 13.0 Å². The lowest BCUT2D eigenvalue weighted by Crippen LogP contribution is -2.34. The van der Waals surface area contributed by atoms with Gasteiger partial charge in [0, 0.05) is 24.0 Å². The van der Waals surface area contributed by atoms with Crippen molar-refractivity contribution in [2.45, 2.75) is 78.3 Å². The van der Waals surface area contributed by atoms with Crippen molar-refractivity contribution < 1.29 is 0 Å². The quantitative estimate of drug-likeness (QED) is 0.776. The van der Waals surface area contributed by atoms with Crippen LogP contribution in [0.2, 0.25) is 0 Å². The molecule has 1 aromatic rings. The first kappa shape index (κ1) is 16.8. The number of thiazole rings is 1. The van der Waals surface area contributed by atoms with Gasteiger partial charge in [-0.15, -0.1) is 11.3 Å². The highest BCUT2D eigenvalue weighted by atomic mass is 32.1. The fourth-order valence-electron chi connectivity index (χ4n) is 3.13. The maximum atomic E-state index is 5.92. The number of nitrogens with two attached hydrogens (primary N) is 1. The highest BCUT2D eigenvalue weighted by Gasteiger charge is 2.25. The molecule has 0 spiro atoms. The highest BCUT2D eigenvalue weighted by molar-refractivity contribution is 7.15. The molecule has 1 saturated carbocycles. The smallest absolute Gasteiger partial charge is 0.186 e. The first-order valence-electron chi connectivity index (χ1n) is 8.61. The lowest BCUT2D eigenvalue weighted by atomic mass is 10.1. The summed E-state index contributed by atoms with van der Waals surface area (Å²) in [6, 6.07) is 0.704. The Morgan fingerprint density at radius 3 is 2.62 bits per heavy atom. The molecule has 0 atom stereocenters. The SMILES string of the molecule is CCCc1nc(N(CCC(C)C)C2CCCC2)sc1CN. The van der Waals surface area contributed by atoms with Crippen LogP contribution in [-0.4, -0.2) is 17.6 Å². The Labute approximate surface area is 133 Å². The lowest BCUT2D eigenvalue weighted by molar-refractivity contribution is 0.527. The Bertz CT molecular complexity index is 422. The topological polar surface area (TPSA) is 42.2 Å². The largest absolute Gasteiger partial charge is 0.345 e. The van der Waals surface area contributed by atoms with Crippen molar-refractivity contribution in [2.24, 2.45) is 11.7 Å². The number of anilines is 1. The number of aryl methyl sites for hydroxylation is 1. The summed E-state index contributed by atoms with van der Waals surface area (Å²) in [5.74, 6) is 0.748. The third-order valence-corrected chi connectivity index (χ3v) is 5.55. The van der Waals surface area contributed by atoms with Crippen molar-refractivity contribution >= 4 is 16.5 Å². The average molecular weight is 310 g/mol. The highest BCUT2D eigenvalue weighted by Crippen LogP contribution is 2.33. The monoisotopic (exact) mass is 309 g/mol. The van der Waals surface area contributed by atoms with E-state index in [-0.39, 0.29) is 0 Å². The van der Waals surface area contributed by atoms with Gasteiger partial charge in [-0.05, 0) is 31.6 Å². The molecule has 0 aliphatic heterocycles. The molecule has 0 unspecified atom stereocenters. The fraction of sp³-hybridized carbons (Fsp3) is 0.824. The van der Waals surface area contributed by atoms with Gasteiger partial charge in [0.05, 0.1) is 5.69 Å². The molecule has 1 heterocycles. The number of hydrogen-bond acceptors (Lipinski definition) is 4. The van der Waals surface area contributed by atoms with E-state index in [0.717, 1.165) is 25.3 Å². The Kier molecular flexibility index (Phi) is 6.49. The number of rotatable bonds is 8. The molecule has 0 radical (unpaired) electrons. The van der Waals surface area contributed by atoms with Gasteiger partial charge in [-0.1, -0.05) is 40.0 Å². The lowest BCUT2D eigenvalue weighted by Gasteiger charge is -2.29. The molecule has 120 valence electrons. The zero-order valence-electron chi connectivity index (χ0n) is 13.9. The molecule has 0 bridgehead atoms. The fourth-order valence-corrected chi connectivity index (χ4v) is 4.21. The van der Waals surface area contributed by atoms with Gasteiger partial charge < -0.3 is 10.6 Å². The van der Waals surface area contributed by atoms with Crippen LogP contribution in [0.5, 0.6) is 0 Å². The van der Waals surface area contributed by atoms with Crippen molar-refractivity contribution in [3.8, 4) is 0 Å². The molecule has 2 N–H and O–H groups in total. The molecule has 0 saturated heterocycles. The minimum absolute atomic E-state index is 0.635. The maximum absolute atomic E-state index is 5.92. The van der Waals surface area contributed by atoms with E-state index in [1.54, 1.807) is 0 Å². The number of nitrogens with zero attached hydrogens (tertiary/aromatic N) is 2. The first-order valence-corrected chi connectivity index (χ1v) is 9.42. The van der Waals surface area contributed by atoms with Crippen LogP contribution in [0.15, 0.2) is 0 Å². The van der Waals surface area contributed by atoms with Gasteiger partial charge >= 0.3 is 0 Å². The van der Waals surface area contributed by atoms with E-state index in [0.29, 0.717) is 12.6 Å². The Morgan fingerprint density at radius 2 is 2.05 bits per heavy atom. The minimum Gasteiger partial charge on any atom is -0.345 e. The van der Waals surface area contributed by atoms with Gasteiger partial charge in [0.25, 0.3) is 0 Å². The van der Waals surface area contributed by atoms with Crippen LogP contribution in [0.4, 0.5) is 5.13 Å². The third kappa shape index (κ3) is 4.43. The van der Waals surface area contributed by atoms with Gasteiger partial charge in [0.15, 0.2) is 5.13 Å². The summed E-state index contributed by atoms with van der Waals surface area (Å²) in [6.07, 6.45) is 8.87. The predicted octanol–water partition coefficient (Wildman–Crippen LogP) is 4.35. The summed E-state index contributed by atoms with van der Waals surface area (Å²) < 4.78 is 0. The Hall–Kier alpha value is -0.610. The summed E-state index contributed by atoms with van der Waals surface area (Å²) in [5, 5.41) is 1.23. The second kappa shape index (κ2) is 8.14. The van der Waals surface area contributed by atoms with Gasteiger partial charge in [-0.25, -0.2) is 4.98 Å². The number of hydrogen-bond donors (Lipinski definition) is 1. The molecule has 1 aliphatic rings. The molecule has 0 aromatic carbocycles. The minimum atomic E-state index is 0.635. The molecule has 4 heteroatoms. The van der Waals surface area contributed by atoms with E-state index >= 15 is 0 Å². The van der Waals surface area contributed by atoms with Gasteiger partial charge in [-0.3, -0.25) is 0 Å². The van der Waals surface area contributed by atoms with Crippen molar-refractivity contribution in [1.82, 2.24) is 4.98 Å². The zero-order chi connectivity index (χ0) is 15.2. The summed E-state index contributed by atoms with van der Waals surface area (Å²) >= 11 is 1.84. The van der Waals surface area contributed by atoms with E-state index in [1.807, 2.05) is 11.3 Å². The second-order valence-corrected chi connectivity index (χ2v) is 7.70.